The second kappa shape index (κ2) is 5.71. The topological polar surface area (TPSA) is 68.6 Å². The van der Waals surface area contributed by atoms with Gasteiger partial charge in [-0.2, -0.15) is 0 Å². The van der Waals surface area contributed by atoms with Gasteiger partial charge in [0.15, 0.2) is 5.88 Å². The maximum Gasteiger partial charge on any atom is 0.198 e. The zero-order chi connectivity index (χ0) is 14.8. The minimum Gasteiger partial charge on any atom is -0.494 e. The lowest BCUT2D eigenvalue weighted by atomic mass is 10.2. The summed E-state index contributed by atoms with van der Waals surface area (Å²) < 4.78 is 0.940. The predicted octanol–water partition coefficient (Wildman–Crippen LogP) is 3.88. The van der Waals surface area contributed by atoms with Crippen molar-refractivity contribution in [3.63, 3.8) is 0 Å². The summed E-state index contributed by atoms with van der Waals surface area (Å²) in [5, 5.41) is 20.0. The quantitative estimate of drug-likeness (QED) is 0.631. The minimum atomic E-state index is -0.0181. The van der Waals surface area contributed by atoms with Gasteiger partial charge in [-0.3, -0.25) is 4.99 Å². The largest absolute Gasteiger partial charge is 0.494 e. The molecule has 0 aliphatic carbocycles. The molecule has 1 aromatic heterocycles. The smallest absolute Gasteiger partial charge is 0.198 e. The third-order valence-corrected chi connectivity index (χ3v) is 3.71. The fourth-order valence-corrected chi connectivity index (χ4v) is 2.54. The van der Waals surface area contributed by atoms with Crippen molar-refractivity contribution in [2.24, 2.45) is 4.99 Å². The van der Waals surface area contributed by atoms with Gasteiger partial charge in [-0.15, -0.1) is 0 Å². The number of nitrogens with zero attached hydrogens (tertiary/aromatic N) is 1. The van der Waals surface area contributed by atoms with Gasteiger partial charge in [-0.05, 0) is 29.8 Å². The van der Waals surface area contributed by atoms with Gasteiger partial charge in [-0.1, -0.05) is 34.1 Å². The number of rotatable bonds is 3. The lowest BCUT2D eigenvalue weighted by molar-refractivity contribution is 0.282. The molecule has 0 radical (unpaired) electrons. The number of aliphatic imine (C=N–C) groups is 1. The fraction of sp³-hybridized carbons (Fsp3) is 0.0625. The van der Waals surface area contributed by atoms with Crippen LogP contribution in [-0.2, 0) is 6.61 Å². The summed E-state index contributed by atoms with van der Waals surface area (Å²) >= 11 is 3.40. The minimum absolute atomic E-state index is 0.0181. The van der Waals surface area contributed by atoms with Gasteiger partial charge in [0.2, 0.25) is 0 Å². The molecule has 0 fully saturated rings. The zero-order valence-electron chi connectivity index (χ0n) is 11.0. The maximum atomic E-state index is 10.0. The number of hydrogen-bond donors (Lipinski definition) is 3. The predicted molar refractivity (Wildman–Crippen MR) is 87.3 cm³/mol. The molecule has 0 aliphatic heterocycles. The number of aromatic nitrogens is 1. The van der Waals surface area contributed by atoms with Gasteiger partial charge in [0.1, 0.15) is 0 Å². The van der Waals surface area contributed by atoms with Crippen LogP contribution in [-0.4, -0.2) is 21.4 Å². The number of aliphatic hydroxyl groups excluding tert-OH is 1. The normalized spacial score (nSPS) is 11.5. The van der Waals surface area contributed by atoms with Gasteiger partial charge in [-0.25, -0.2) is 0 Å². The summed E-state index contributed by atoms with van der Waals surface area (Å²) in [4.78, 5) is 7.28. The van der Waals surface area contributed by atoms with E-state index in [-0.39, 0.29) is 12.5 Å². The standard InChI is InChI=1S/C16H13BrN2O2/c17-11-4-5-13-14(16(21)19-15(13)7-11)8-18-12-3-1-2-10(6-12)9-20/h1-8,19-21H,9H2. The molecule has 0 saturated carbocycles. The number of fused-ring (bicyclic) bond motifs is 1. The van der Waals surface area contributed by atoms with E-state index in [4.69, 9.17) is 5.11 Å². The monoisotopic (exact) mass is 344 g/mol. The number of aromatic amines is 1. The summed E-state index contributed by atoms with van der Waals surface area (Å²) in [5.74, 6) is 0.0881. The molecular formula is C16H13BrN2O2. The molecule has 3 aromatic rings. The van der Waals surface area contributed by atoms with Gasteiger partial charge < -0.3 is 15.2 Å². The van der Waals surface area contributed by atoms with Crippen LogP contribution in [0.25, 0.3) is 10.9 Å². The van der Waals surface area contributed by atoms with Crippen molar-refractivity contribution in [1.29, 1.82) is 0 Å². The average Bonchev–Trinajstić information content (AvgIpc) is 2.80. The summed E-state index contributed by atoms with van der Waals surface area (Å²) in [5.41, 5.74) is 3.02. The Bertz CT molecular complexity index is 824. The molecule has 0 unspecified atom stereocenters. The molecule has 0 saturated heterocycles. The van der Waals surface area contributed by atoms with Crippen molar-refractivity contribution < 1.29 is 10.2 Å². The van der Waals surface area contributed by atoms with Crippen molar-refractivity contribution in [2.45, 2.75) is 6.61 Å². The van der Waals surface area contributed by atoms with Crippen LogP contribution >= 0.6 is 15.9 Å². The molecule has 0 amide bonds. The van der Waals surface area contributed by atoms with Gasteiger partial charge in [0, 0.05) is 16.1 Å². The Morgan fingerprint density at radius 3 is 2.86 bits per heavy atom. The summed E-state index contributed by atoms with van der Waals surface area (Å²) in [6.45, 7) is -0.0181. The van der Waals surface area contributed by atoms with Crippen molar-refractivity contribution in [2.75, 3.05) is 0 Å². The summed E-state index contributed by atoms with van der Waals surface area (Å²) in [6, 6.07) is 13.1. The number of halogens is 1. The van der Waals surface area contributed by atoms with E-state index in [1.165, 1.54) is 0 Å². The lowest BCUT2D eigenvalue weighted by Crippen LogP contribution is -1.82. The van der Waals surface area contributed by atoms with Crippen molar-refractivity contribution in [3.8, 4) is 5.88 Å². The van der Waals surface area contributed by atoms with Crippen LogP contribution in [0.2, 0.25) is 0 Å². The highest BCUT2D eigenvalue weighted by molar-refractivity contribution is 9.10. The van der Waals surface area contributed by atoms with Crippen molar-refractivity contribution in [3.05, 3.63) is 58.1 Å². The molecule has 2 aromatic carbocycles. The van der Waals surface area contributed by atoms with E-state index >= 15 is 0 Å². The molecule has 21 heavy (non-hydrogen) atoms. The molecular weight excluding hydrogens is 332 g/mol. The SMILES string of the molecule is OCc1cccc(N=Cc2c(O)[nH]c3cc(Br)ccc23)c1. The number of aliphatic hydroxyl groups is 1. The second-order valence-electron chi connectivity index (χ2n) is 4.66. The van der Waals surface area contributed by atoms with Gasteiger partial charge in [0.25, 0.3) is 0 Å². The van der Waals surface area contributed by atoms with Crippen molar-refractivity contribution in [1.82, 2.24) is 4.98 Å². The summed E-state index contributed by atoms with van der Waals surface area (Å²) in [6.07, 6.45) is 1.62. The molecule has 5 heteroatoms. The lowest BCUT2D eigenvalue weighted by Gasteiger charge is -1.98. The van der Waals surface area contributed by atoms with Crippen LogP contribution in [0.1, 0.15) is 11.1 Å². The second-order valence-corrected chi connectivity index (χ2v) is 5.58. The first-order chi connectivity index (χ1) is 10.2. The Kier molecular flexibility index (Phi) is 3.77. The fourth-order valence-electron chi connectivity index (χ4n) is 2.18. The third-order valence-electron chi connectivity index (χ3n) is 3.22. The first kappa shape index (κ1) is 13.9. The number of hydrogen-bond acceptors (Lipinski definition) is 3. The molecule has 4 nitrogen and oxygen atoms in total. The first-order valence-corrected chi connectivity index (χ1v) is 7.21. The molecule has 0 aliphatic rings. The third kappa shape index (κ3) is 2.84. The highest BCUT2D eigenvalue weighted by atomic mass is 79.9. The molecule has 3 rings (SSSR count). The molecule has 106 valence electrons. The van der Waals surface area contributed by atoms with E-state index in [0.29, 0.717) is 5.56 Å². The Labute approximate surface area is 129 Å². The van der Waals surface area contributed by atoms with Gasteiger partial charge >= 0.3 is 0 Å². The number of nitrogens with one attached hydrogen (secondary N) is 1. The van der Waals surface area contributed by atoms with E-state index < -0.39 is 0 Å². The van der Waals surface area contributed by atoms with E-state index in [2.05, 4.69) is 25.9 Å². The van der Waals surface area contributed by atoms with Crippen LogP contribution in [0, 0.1) is 0 Å². The molecule has 0 atom stereocenters. The maximum absolute atomic E-state index is 10.0. The summed E-state index contributed by atoms with van der Waals surface area (Å²) in [7, 11) is 0. The van der Waals surface area contributed by atoms with E-state index in [9.17, 15) is 5.11 Å². The average molecular weight is 345 g/mol. The van der Waals surface area contributed by atoms with Crippen LogP contribution in [0.4, 0.5) is 5.69 Å². The molecule has 0 spiro atoms. The Balaban J connectivity index is 2.00. The zero-order valence-corrected chi connectivity index (χ0v) is 12.6. The van der Waals surface area contributed by atoms with Gasteiger partial charge in [0.05, 0.1) is 23.4 Å². The number of H-pyrrole nitrogens is 1. The molecule has 1 heterocycles. The van der Waals surface area contributed by atoms with Crippen LogP contribution in [0.5, 0.6) is 5.88 Å². The van der Waals surface area contributed by atoms with Crippen molar-refractivity contribution >= 4 is 38.7 Å². The van der Waals surface area contributed by atoms with Crippen LogP contribution in [0.15, 0.2) is 51.9 Å². The Hall–Kier alpha value is -2.11. The van der Waals surface area contributed by atoms with E-state index in [1.54, 1.807) is 12.3 Å². The van der Waals surface area contributed by atoms with Crippen LogP contribution < -0.4 is 0 Å². The number of benzene rings is 2. The Morgan fingerprint density at radius 2 is 2.05 bits per heavy atom. The highest BCUT2D eigenvalue weighted by Gasteiger charge is 2.08. The highest BCUT2D eigenvalue weighted by Crippen LogP contribution is 2.28. The van der Waals surface area contributed by atoms with Crippen LogP contribution in [0.3, 0.4) is 0 Å². The van der Waals surface area contributed by atoms with E-state index in [1.807, 2.05) is 36.4 Å². The molecule has 3 N–H and O–H groups in total. The van der Waals surface area contributed by atoms with E-state index in [0.717, 1.165) is 26.6 Å². The Morgan fingerprint density at radius 1 is 1.19 bits per heavy atom. The first-order valence-electron chi connectivity index (χ1n) is 6.41. The molecule has 0 bridgehead atoms. The number of aromatic hydroxyl groups is 1.